The van der Waals surface area contributed by atoms with E-state index in [0.717, 1.165) is 32.7 Å². The third kappa shape index (κ3) is 6.01. The number of halogens is 2. The predicted octanol–water partition coefficient (Wildman–Crippen LogP) is 8.84. The van der Waals surface area contributed by atoms with E-state index in [9.17, 15) is 4.79 Å². The van der Waals surface area contributed by atoms with Gasteiger partial charge in [-0.15, -0.1) is 0 Å². The Balaban J connectivity index is 1.60. The molecule has 1 N–H and O–H groups in total. The molecule has 4 nitrogen and oxygen atoms in total. The van der Waals surface area contributed by atoms with Gasteiger partial charge in [-0.1, -0.05) is 92.5 Å². The lowest BCUT2D eigenvalue weighted by atomic mass is 10.1. The number of carboxylic acid groups (broad SMARTS) is 1. The van der Waals surface area contributed by atoms with Gasteiger partial charge in [0.2, 0.25) is 0 Å². The molecule has 4 aromatic rings. The van der Waals surface area contributed by atoms with E-state index in [-0.39, 0.29) is 5.57 Å². The first kappa shape index (κ1) is 25.2. The van der Waals surface area contributed by atoms with Crippen LogP contribution < -0.4 is 4.90 Å². The van der Waals surface area contributed by atoms with Crippen molar-refractivity contribution < 1.29 is 9.90 Å². The smallest absolute Gasteiger partial charge is 0.346 e. The molecule has 0 heterocycles. The number of hydrogen-bond acceptors (Lipinski definition) is 3. The molecule has 0 bridgehead atoms. The van der Waals surface area contributed by atoms with E-state index in [4.69, 9.17) is 10.4 Å². The minimum atomic E-state index is -1.26. The van der Waals surface area contributed by atoms with Gasteiger partial charge in [0.15, 0.2) is 0 Å². The van der Waals surface area contributed by atoms with Gasteiger partial charge in [0.1, 0.15) is 11.6 Å². The van der Waals surface area contributed by atoms with E-state index < -0.39 is 5.97 Å². The molecule has 0 unspecified atom stereocenters. The molecular formula is C30H20Br2N2O2. The zero-order valence-corrected chi connectivity index (χ0v) is 22.1. The largest absolute Gasteiger partial charge is 0.477 e. The molecule has 0 radical (unpaired) electrons. The van der Waals surface area contributed by atoms with E-state index in [2.05, 4.69) is 85.3 Å². The molecule has 0 atom stereocenters. The summed E-state index contributed by atoms with van der Waals surface area (Å²) in [7, 11) is 0. The highest BCUT2D eigenvalue weighted by molar-refractivity contribution is 9.11. The van der Waals surface area contributed by atoms with Crippen LogP contribution in [0.1, 0.15) is 16.7 Å². The molecule has 0 aliphatic carbocycles. The second kappa shape index (κ2) is 11.7. The Morgan fingerprint density at radius 3 is 1.78 bits per heavy atom. The molecule has 0 spiro atoms. The summed E-state index contributed by atoms with van der Waals surface area (Å²) >= 11 is 7.02. The van der Waals surface area contributed by atoms with Crippen molar-refractivity contribution in [3.8, 4) is 6.07 Å². The maximum Gasteiger partial charge on any atom is 0.346 e. The third-order valence-corrected chi connectivity index (χ3v) is 6.78. The number of carboxylic acids is 1. The minimum absolute atomic E-state index is 0.328. The molecule has 0 aromatic heterocycles. The summed E-state index contributed by atoms with van der Waals surface area (Å²) in [6.45, 7) is 0. The molecule has 0 amide bonds. The van der Waals surface area contributed by atoms with Crippen LogP contribution in [0.4, 0.5) is 17.1 Å². The van der Waals surface area contributed by atoms with Crippen molar-refractivity contribution in [2.24, 2.45) is 0 Å². The number of rotatable bonds is 7. The maximum absolute atomic E-state index is 11.2. The maximum atomic E-state index is 11.2. The highest BCUT2D eigenvalue weighted by atomic mass is 79.9. The zero-order chi connectivity index (χ0) is 25.5. The lowest BCUT2D eigenvalue weighted by Crippen LogP contribution is -2.09. The monoisotopic (exact) mass is 598 g/mol. The van der Waals surface area contributed by atoms with Crippen molar-refractivity contribution in [1.29, 1.82) is 5.26 Å². The number of nitriles is 1. The topological polar surface area (TPSA) is 64.3 Å². The summed E-state index contributed by atoms with van der Waals surface area (Å²) in [6.07, 6.45) is 5.33. The first-order valence-corrected chi connectivity index (χ1v) is 12.6. The van der Waals surface area contributed by atoms with Gasteiger partial charge in [-0.05, 0) is 71.3 Å². The van der Waals surface area contributed by atoms with Crippen molar-refractivity contribution in [3.05, 3.63) is 128 Å². The molecule has 4 aromatic carbocycles. The van der Waals surface area contributed by atoms with E-state index in [0.29, 0.717) is 10.0 Å². The van der Waals surface area contributed by atoms with Gasteiger partial charge in [0, 0.05) is 26.0 Å². The summed E-state index contributed by atoms with van der Waals surface area (Å²) in [6, 6.07) is 34.2. The van der Waals surface area contributed by atoms with E-state index in [1.165, 1.54) is 6.08 Å². The molecule has 4 rings (SSSR count). The van der Waals surface area contributed by atoms with Gasteiger partial charge >= 0.3 is 5.97 Å². The summed E-state index contributed by atoms with van der Waals surface area (Å²) in [5.74, 6) is -1.26. The summed E-state index contributed by atoms with van der Waals surface area (Å²) in [4.78, 5) is 13.4. The quantitative estimate of drug-likeness (QED) is 0.131. The molecule has 0 aliphatic rings. The minimum Gasteiger partial charge on any atom is -0.477 e. The number of hydrogen-bond donors (Lipinski definition) is 1. The fourth-order valence-electron chi connectivity index (χ4n) is 3.64. The molecule has 0 aliphatic heterocycles. The van der Waals surface area contributed by atoms with Crippen LogP contribution in [0.2, 0.25) is 0 Å². The fourth-order valence-corrected chi connectivity index (χ4v) is 4.60. The number of anilines is 3. The van der Waals surface area contributed by atoms with Crippen LogP contribution in [0.25, 0.3) is 18.2 Å². The number of para-hydroxylation sites is 2. The standard InChI is InChI=1S/C30H20Br2N2O2/c31-28-19-23(17-24(20-33)30(35)36)29(32)18-22(28)14-11-21-12-15-27(16-13-21)34(25-7-3-1-4-8-25)26-9-5-2-6-10-26/h1-19H,(H,35,36)/b14-11+,24-17+. The first-order valence-electron chi connectivity index (χ1n) is 11.0. The van der Waals surface area contributed by atoms with Gasteiger partial charge in [0.25, 0.3) is 0 Å². The predicted molar refractivity (Wildman–Crippen MR) is 153 cm³/mol. The van der Waals surface area contributed by atoms with Crippen LogP contribution in [0, 0.1) is 11.3 Å². The van der Waals surface area contributed by atoms with Crippen molar-refractivity contribution in [2.45, 2.75) is 0 Å². The van der Waals surface area contributed by atoms with Crippen LogP contribution in [-0.2, 0) is 4.79 Å². The summed E-state index contributed by atoms with van der Waals surface area (Å²) in [5, 5.41) is 18.1. The molecule has 0 fully saturated rings. The van der Waals surface area contributed by atoms with Crippen molar-refractivity contribution in [2.75, 3.05) is 4.90 Å². The van der Waals surface area contributed by atoms with Crippen molar-refractivity contribution in [1.82, 2.24) is 0 Å². The number of aliphatic carboxylic acids is 1. The molecular weight excluding hydrogens is 580 g/mol. The molecule has 36 heavy (non-hydrogen) atoms. The Morgan fingerprint density at radius 1 is 0.750 bits per heavy atom. The number of carbonyl (C=O) groups is 1. The SMILES string of the molecule is N#C/C(=C\c1cc(Br)c(/C=C/c2ccc(N(c3ccccc3)c3ccccc3)cc2)cc1Br)C(=O)O. The van der Waals surface area contributed by atoms with Crippen molar-refractivity contribution in [3.63, 3.8) is 0 Å². The van der Waals surface area contributed by atoms with Gasteiger partial charge in [-0.3, -0.25) is 0 Å². The van der Waals surface area contributed by atoms with Crippen molar-refractivity contribution >= 4 is 73.1 Å². The normalized spacial score (nSPS) is 11.3. The van der Waals surface area contributed by atoms with Crippen LogP contribution >= 0.6 is 31.9 Å². The summed E-state index contributed by atoms with van der Waals surface area (Å²) in [5.41, 5.74) is 5.43. The van der Waals surface area contributed by atoms with Gasteiger partial charge in [0.05, 0.1) is 0 Å². The van der Waals surface area contributed by atoms with E-state index >= 15 is 0 Å². The highest BCUT2D eigenvalue weighted by Gasteiger charge is 2.12. The van der Waals surface area contributed by atoms with Gasteiger partial charge in [-0.25, -0.2) is 4.79 Å². The Hall–Kier alpha value is -3.92. The molecule has 6 heteroatoms. The van der Waals surface area contributed by atoms with Crippen LogP contribution in [0.5, 0.6) is 0 Å². The molecule has 0 saturated heterocycles. The average molecular weight is 600 g/mol. The Bertz CT molecular complexity index is 1430. The number of benzene rings is 4. The second-order valence-corrected chi connectivity index (χ2v) is 9.51. The Kier molecular flexibility index (Phi) is 8.17. The fraction of sp³-hybridized carbons (Fsp3) is 0. The van der Waals surface area contributed by atoms with Gasteiger partial charge in [-0.2, -0.15) is 5.26 Å². The Labute approximate surface area is 226 Å². The highest BCUT2D eigenvalue weighted by Crippen LogP contribution is 2.34. The lowest BCUT2D eigenvalue weighted by Gasteiger charge is -2.25. The molecule has 0 saturated carbocycles. The first-order chi connectivity index (χ1) is 17.5. The lowest BCUT2D eigenvalue weighted by molar-refractivity contribution is -0.132. The van der Waals surface area contributed by atoms with Crippen LogP contribution in [0.3, 0.4) is 0 Å². The average Bonchev–Trinajstić information content (AvgIpc) is 2.90. The van der Waals surface area contributed by atoms with E-state index in [1.807, 2.05) is 54.6 Å². The second-order valence-electron chi connectivity index (χ2n) is 7.80. The van der Waals surface area contributed by atoms with Gasteiger partial charge < -0.3 is 10.0 Å². The summed E-state index contributed by atoms with van der Waals surface area (Å²) < 4.78 is 1.47. The van der Waals surface area contributed by atoms with Crippen LogP contribution in [-0.4, -0.2) is 11.1 Å². The van der Waals surface area contributed by atoms with E-state index in [1.54, 1.807) is 12.1 Å². The zero-order valence-electron chi connectivity index (χ0n) is 19.0. The van der Waals surface area contributed by atoms with Crippen LogP contribution in [0.15, 0.2) is 112 Å². The molecule has 176 valence electrons. The third-order valence-electron chi connectivity index (χ3n) is 5.40. The Morgan fingerprint density at radius 2 is 1.25 bits per heavy atom. The number of nitrogens with zero attached hydrogens (tertiary/aromatic N) is 2.